The quantitative estimate of drug-likeness (QED) is 0.493. The molecule has 0 fully saturated rings. The van der Waals surface area contributed by atoms with Gasteiger partial charge in [-0.25, -0.2) is 4.98 Å². The highest BCUT2D eigenvalue weighted by Gasteiger charge is 2.17. The lowest BCUT2D eigenvalue weighted by Crippen LogP contribution is -2.24. The van der Waals surface area contributed by atoms with Crippen LogP contribution in [0.4, 0.5) is 5.95 Å². The van der Waals surface area contributed by atoms with Crippen molar-refractivity contribution in [1.29, 1.82) is 0 Å². The van der Waals surface area contributed by atoms with Crippen LogP contribution in [0.25, 0.3) is 27.6 Å². The Morgan fingerprint density at radius 1 is 0.967 bits per heavy atom. The Labute approximate surface area is 172 Å². The second-order valence-electron chi connectivity index (χ2n) is 7.20. The molecule has 7 nitrogen and oxygen atoms in total. The minimum atomic E-state index is -0.158. The molecule has 0 saturated carbocycles. The van der Waals surface area contributed by atoms with Crippen LogP contribution in [0.2, 0.25) is 0 Å². The summed E-state index contributed by atoms with van der Waals surface area (Å²) in [7, 11) is 1.96. The highest BCUT2D eigenvalue weighted by molar-refractivity contribution is 6.02. The number of aromatic nitrogens is 5. The van der Waals surface area contributed by atoms with Crippen LogP contribution in [0.3, 0.4) is 0 Å². The van der Waals surface area contributed by atoms with Gasteiger partial charge in [-0.15, -0.1) is 0 Å². The van der Waals surface area contributed by atoms with E-state index < -0.39 is 0 Å². The number of anilines is 1. The van der Waals surface area contributed by atoms with Gasteiger partial charge in [0.2, 0.25) is 5.95 Å². The number of pyridine rings is 1. The number of hydrogen-bond acceptors (Lipinski definition) is 5. The zero-order chi connectivity index (χ0) is 20.5. The molecule has 3 heterocycles. The molecule has 0 aliphatic heterocycles. The van der Waals surface area contributed by atoms with Gasteiger partial charge in [-0.2, -0.15) is 10.1 Å². The predicted molar refractivity (Wildman–Crippen MR) is 118 cm³/mol. The molecular formula is C23H20N6O. The Morgan fingerprint density at radius 2 is 1.70 bits per heavy atom. The Kier molecular flexibility index (Phi) is 4.48. The van der Waals surface area contributed by atoms with Gasteiger partial charge in [0.15, 0.2) is 5.65 Å². The van der Waals surface area contributed by atoms with E-state index in [0.717, 1.165) is 24.0 Å². The summed E-state index contributed by atoms with van der Waals surface area (Å²) in [5.41, 5.74) is 3.06. The first-order valence-corrected chi connectivity index (χ1v) is 9.78. The minimum absolute atomic E-state index is 0.158. The summed E-state index contributed by atoms with van der Waals surface area (Å²) in [6.07, 6.45) is 4.19. The van der Waals surface area contributed by atoms with Crippen LogP contribution >= 0.6 is 0 Å². The van der Waals surface area contributed by atoms with Crippen LogP contribution in [-0.4, -0.2) is 38.3 Å². The van der Waals surface area contributed by atoms with Crippen molar-refractivity contribution in [3.05, 3.63) is 89.0 Å². The van der Waals surface area contributed by atoms with E-state index in [2.05, 4.69) is 27.3 Å². The van der Waals surface area contributed by atoms with Crippen LogP contribution in [-0.2, 0) is 6.42 Å². The molecule has 1 N–H and O–H groups in total. The van der Waals surface area contributed by atoms with Crippen molar-refractivity contribution in [3.8, 4) is 5.69 Å². The third-order valence-corrected chi connectivity index (χ3v) is 5.24. The average Bonchev–Trinajstić information content (AvgIpc) is 3.29. The van der Waals surface area contributed by atoms with Crippen LogP contribution in [0.5, 0.6) is 0 Å². The fraction of sp³-hybridized carbons (Fsp3) is 0.130. The molecule has 7 heteroatoms. The summed E-state index contributed by atoms with van der Waals surface area (Å²) in [6.45, 7) is 0.761. The predicted octanol–water partition coefficient (Wildman–Crippen LogP) is 3.34. The molecule has 148 valence electrons. The fourth-order valence-electron chi connectivity index (χ4n) is 3.62. The number of likely N-dealkylation sites (N-methyl/N-ethyl adjacent to an activating group) is 1. The number of hydrogen-bond donors (Lipinski definition) is 1. The second-order valence-corrected chi connectivity index (χ2v) is 7.20. The number of H-pyrrole nitrogens is 1. The van der Waals surface area contributed by atoms with Crippen molar-refractivity contribution >= 4 is 27.9 Å². The van der Waals surface area contributed by atoms with E-state index in [9.17, 15) is 4.79 Å². The number of nitrogens with one attached hydrogen (secondary N) is 1. The van der Waals surface area contributed by atoms with Gasteiger partial charge >= 0.3 is 0 Å². The molecule has 0 radical (unpaired) electrons. The van der Waals surface area contributed by atoms with E-state index in [-0.39, 0.29) is 5.56 Å². The number of fused-ring (bicyclic) bond motifs is 3. The van der Waals surface area contributed by atoms with Gasteiger partial charge in [-0.05, 0) is 24.1 Å². The first-order chi connectivity index (χ1) is 14.7. The molecule has 5 rings (SSSR count). The molecule has 5 aromatic rings. The van der Waals surface area contributed by atoms with Gasteiger partial charge in [0.25, 0.3) is 5.56 Å². The lowest BCUT2D eigenvalue weighted by molar-refractivity contribution is 0.838. The van der Waals surface area contributed by atoms with E-state index >= 15 is 0 Å². The van der Waals surface area contributed by atoms with E-state index in [1.165, 1.54) is 5.56 Å². The summed E-state index contributed by atoms with van der Waals surface area (Å²) in [4.78, 5) is 24.6. The van der Waals surface area contributed by atoms with Crippen LogP contribution in [0.1, 0.15) is 5.56 Å². The zero-order valence-electron chi connectivity index (χ0n) is 16.5. The van der Waals surface area contributed by atoms with Crippen molar-refractivity contribution in [3.63, 3.8) is 0 Å². The number of nitrogens with zero attached hydrogens (tertiary/aromatic N) is 5. The normalized spacial score (nSPS) is 11.2. The summed E-state index contributed by atoms with van der Waals surface area (Å²) < 4.78 is 1.63. The summed E-state index contributed by atoms with van der Waals surface area (Å²) in [5.74, 6) is 0.571. The minimum Gasteiger partial charge on any atom is -0.343 e. The standard InChI is InChI=1S/C23H20N6O/c1-28(13-12-16-8-4-2-5-9-16)23-24-14-18-20-19(15-25-27-20)22(30)29(21(18)26-23)17-10-6-3-7-11-17/h2-11,14-15H,12-13H2,1H3,(H,25,27). The monoisotopic (exact) mass is 396 g/mol. The molecule has 0 saturated heterocycles. The maximum atomic E-state index is 13.2. The molecule has 0 aliphatic rings. The van der Waals surface area contributed by atoms with Crippen molar-refractivity contribution < 1.29 is 0 Å². The molecular weight excluding hydrogens is 376 g/mol. The first kappa shape index (κ1) is 18.1. The van der Waals surface area contributed by atoms with Crippen LogP contribution in [0.15, 0.2) is 77.9 Å². The van der Waals surface area contributed by atoms with Crippen molar-refractivity contribution in [1.82, 2.24) is 24.7 Å². The molecule has 0 aliphatic carbocycles. The molecule has 0 amide bonds. The van der Waals surface area contributed by atoms with Crippen molar-refractivity contribution in [2.75, 3.05) is 18.5 Å². The second kappa shape index (κ2) is 7.44. The SMILES string of the molecule is CN(CCc1ccccc1)c1ncc2c3[nH]ncc3c(=O)n(-c3ccccc3)c2n1. The first-order valence-electron chi connectivity index (χ1n) is 9.78. The number of rotatable bonds is 5. The summed E-state index contributed by atoms with van der Waals surface area (Å²) >= 11 is 0. The molecule has 0 unspecified atom stereocenters. The van der Waals surface area contributed by atoms with E-state index in [0.29, 0.717) is 22.5 Å². The molecule has 2 aromatic carbocycles. The molecule has 0 spiro atoms. The van der Waals surface area contributed by atoms with Crippen molar-refractivity contribution in [2.45, 2.75) is 6.42 Å². The van der Waals surface area contributed by atoms with Gasteiger partial charge in [-0.1, -0.05) is 48.5 Å². The highest BCUT2D eigenvalue weighted by Crippen LogP contribution is 2.23. The topological polar surface area (TPSA) is 79.7 Å². The summed E-state index contributed by atoms with van der Waals surface area (Å²) in [5, 5.41) is 8.25. The number of benzene rings is 2. The lowest BCUT2D eigenvalue weighted by Gasteiger charge is -2.18. The fourth-order valence-corrected chi connectivity index (χ4v) is 3.62. The third kappa shape index (κ3) is 3.10. The molecule has 30 heavy (non-hydrogen) atoms. The van der Waals surface area contributed by atoms with Crippen LogP contribution < -0.4 is 10.5 Å². The van der Waals surface area contributed by atoms with E-state index in [1.54, 1.807) is 17.0 Å². The number of para-hydroxylation sites is 1. The summed E-state index contributed by atoms with van der Waals surface area (Å²) in [6, 6.07) is 19.8. The van der Waals surface area contributed by atoms with Gasteiger partial charge < -0.3 is 4.90 Å². The molecule has 3 aromatic heterocycles. The van der Waals surface area contributed by atoms with Gasteiger partial charge in [0.05, 0.1) is 28.2 Å². The van der Waals surface area contributed by atoms with Gasteiger partial charge in [-0.3, -0.25) is 14.5 Å². The smallest absolute Gasteiger partial charge is 0.267 e. The average molecular weight is 396 g/mol. The highest BCUT2D eigenvalue weighted by atomic mass is 16.1. The van der Waals surface area contributed by atoms with Crippen LogP contribution in [0, 0.1) is 0 Å². The maximum Gasteiger partial charge on any atom is 0.267 e. The third-order valence-electron chi connectivity index (χ3n) is 5.24. The molecule has 0 bridgehead atoms. The van der Waals surface area contributed by atoms with Gasteiger partial charge in [0, 0.05) is 19.8 Å². The lowest BCUT2D eigenvalue weighted by atomic mass is 10.1. The molecule has 0 atom stereocenters. The number of aromatic amines is 1. The Hall–Kier alpha value is -4.00. The maximum absolute atomic E-state index is 13.2. The Balaban J connectivity index is 1.62. The van der Waals surface area contributed by atoms with Gasteiger partial charge in [0.1, 0.15) is 0 Å². The van der Waals surface area contributed by atoms with E-state index in [4.69, 9.17) is 4.98 Å². The largest absolute Gasteiger partial charge is 0.343 e. The Morgan fingerprint density at radius 3 is 2.47 bits per heavy atom. The van der Waals surface area contributed by atoms with Crippen molar-refractivity contribution in [2.24, 2.45) is 0 Å². The van der Waals surface area contributed by atoms with E-state index in [1.807, 2.05) is 60.5 Å². The zero-order valence-corrected chi connectivity index (χ0v) is 16.5. The Bertz CT molecular complexity index is 1380.